The van der Waals surface area contributed by atoms with Crippen molar-refractivity contribution in [3.05, 3.63) is 82.5 Å². The predicted molar refractivity (Wildman–Crippen MR) is 236 cm³/mol. The first kappa shape index (κ1) is 42.7. The zero-order valence-electron chi connectivity index (χ0n) is 36.2. The van der Waals surface area contributed by atoms with Gasteiger partial charge in [-0.05, 0) is 109 Å². The van der Waals surface area contributed by atoms with Gasteiger partial charge >= 0.3 is 0 Å². The average molecular weight is 860 g/mol. The van der Waals surface area contributed by atoms with Crippen LogP contribution in [0.25, 0.3) is 22.1 Å². The zero-order valence-corrected chi connectivity index (χ0v) is 36.2. The number of primary amides is 2. The molecule has 4 amide bonds. The lowest BCUT2D eigenvalue weighted by molar-refractivity contribution is 0.0991. The van der Waals surface area contributed by atoms with Crippen molar-refractivity contribution in [3.63, 3.8) is 0 Å². The summed E-state index contributed by atoms with van der Waals surface area (Å²) in [7, 11) is 2.12. The maximum Gasteiger partial charge on any atom is 0.276 e. The van der Waals surface area contributed by atoms with Gasteiger partial charge in [-0.3, -0.25) is 39.2 Å². The summed E-state index contributed by atoms with van der Waals surface area (Å²) < 4.78 is 20.3. The molecule has 0 saturated carbocycles. The highest BCUT2D eigenvalue weighted by Gasteiger charge is 2.27. The molecule has 1 fully saturated rings. The number of aryl methyl sites for hydroxylation is 4. The second-order valence-electron chi connectivity index (χ2n) is 16.3. The molecule has 6 heterocycles. The van der Waals surface area contributed by atoms with Crippen molar-refractivity contribution < 1.29 is 28.7 Å². The largest absolute Gasteiger partial charge is 0.491 e. The smallest absolute Gasteiger partial charge is 0.276 e. The van der Waals surface area contributed by atoms with E-state index in [0.29, 0.717) is 75.3 Å². The number of carbonyl (C=O) groups is 4. The van der Waals surface area contributed by atoms with E-state index >= 15 is 0 Å². The molecule has 0 atom stereocenters. The van der Waals surface area contributed by atoms with E-state index in [1.54, 1.807) is 45.8 Å². The van der Waals surface area contributed by atoms with Crippen molar-refractivity contribution in [1.29, 1.82) is 0 Å². The second-order valence-corrected chi connectivity index (χ2v) is 16.3. The molecule has 0 spiro atoms. The van der Waals surface area contributed by atoms with Crippen LogP contribution in [0.2, 0.25) is 0 Å². The van der Waals surface area contributed by atoms with E-state index in [4.69, 9.17) is 30.9 Å². The molecule has 2 aromatic carbocycles. The van der Waals surface area contributed by atoms with Gasteiger partial charge in [-0.2, -0.15) is 10.2 Å². The van der Waals surface area contributed by atoms with E-state index in [9.17, 15) is 19.2 Å². The van der Waals surface area contributed by atoms with Gasteiger partial charge < -0.3 is 35.0 Å². The molecule has 19 nitrogen and oxygen atoms in total. The summed E-state index contributed by atoms with van der Waals surface area (Å²) in [5.74, 6) is -0.780. The minimum absolute atomic E-state index is 0.178. The van der Waals surface area contributed by atoms with Crippen molar-refractivity contribution in [3.8, 4) is 11.5 Å². The molecule has 0 radical (unpaired) electrons. The van der Waals surface area contributed by atoms with Gasteiger partial charge in [0.2, 0.25) is 23.7 Å². The molecule has 19 heteroatoms. The fourth-order valence-corrected chi connectivity index (χ4v) is 8.51. The van der Waals surface area contributed by atoms with Crippen molar-refractivity contribution >= 4 is 57.6 Å². The molecule has 1 saturated heterocycles. The normalized spacial score (nSPS) is 16.0. The number of hydrogen-bond acceptors (Lipinski definition) is 11. The van der Waals surface area contributed by atoms with Crippen LogP contribution in [0, 0.1) is 25.7 Å². The van der Waals surface area contributed by atoms with E-state index in [1.165, 1.54) is 0 Å². The van der Waals surface area contributed by atoms with Crippen molar-refractivity contribution in [2.24, 2.45) is 23.3 Å². The standard InChI is InChI=1S/C44H53N13O6/c1-6-56-33(16-25(3)51-56)41(60)49-43-47-31-19-29(39(45)58)21-35-37(31)54(43)12-8-9-13-55-38-32(48-44(55)50-42(61)34-17-26(4)52-57(34)7-2)20-30(40(46)59)22-36(38)63-24-28(23-62-35)18-27-10-14-53(5)15-11-27/h8-9,16-17,19-22,27-28H,6-7,10-15,18,23-24H2,1-5H3,(H2,45,58)(H2,46,59)(H,47,49,60)(H,48,50,61)/b9-8+. The third-order valence-electron chi connectivity index (χ3n) is 11.7. The SMILES string of the molecule is CCn1nc(C)cc1C(=O)Nc1nc2cc(C(N)=O)cc3c2n1C/C=C/Cn1c(NC(=O)c2cc(C)nn2CC)nc2cc(C(N)=O)cc(c21)OCC(CC1CCN(C)CC1)CO3. The number of anilines is 2. The molecular formula is C44H53N13O6. The van der Waals surface area contributed by atoms with Crippen molar-refractivity contribution in [2.75, 3.05) is 44.0 Å². The van der Waals surface area contributed by atoms with Crippen molar-refractivity contribution in [1.82, 2.24) is 43.6 Å². The topological polar surface area (TPSA) is 237 Å². The molecule has 0 unspecified atom stereocenters. The van der Waals surface area contributed by atoms with Crippen LogP contribution in [0.3, 0.4) is 0 Å². The number of hydrogen-bond donors (Lipinski definition) is 4. The number of piperidine rings is 1. The number of rotatable bonds is 10. The van der Waals surface area contributed by atoms with Crippen LogP contribution in [0.4, 0.5) is 11.9 Å². The number of nitrogens with one attached hydrogen (secondary N) is 2. The van der Waals surface area contributed by atoms with Crippen LogP contribution in [0.1, 0.15) is 86.2 Å². The maximum absolute atomic E-state index is 13.9. The molecule has 8 rings (SSSR count). The molecular weight excluding hydrogens is 807 g/mol. The minimum atomic E-state index is -0.660. The van der Waals surface area contributed by atoms with Gasteiger partial charge in [0.15, 0.2) is 0 Å². The van der Waals surface area contributed by atoms with Crippen LogP contribution in [0.5, 0.6) is 11.5 Å². The number of benzene rings is 2. The average Bonchev–Trinajstić information content (AvgIpc) is 4.02. The third-order valence-corrected chi connectivity index (χ3v) is 11.7. The quantitative estimate of drug-likeness (QED) is 0.140. The van der Waals surface area contributed by atoms with Gasteiger partial charge in [0.25, 0.3) is 11.8 Å². The number of aromatic nitrogens is 8. The summed E-state index contributed by atoms with van der Waals surface area (Å²) in [5.41, 5.74) is 16.1. The summed E-state index contributed by atoms with van der Waals surface area (Å²) in [5, 5.41) is 14.9. The molecule has 330 valence electrons. The maximum atomic E-state index is 13.9. The Hall–Kier alpha value is -7.02. The summed E-state index contributed by atoms with van der Waals surface area (Å²) >= 11 is 0. The van der Waals surface area contributed by atoms with E-state index in [1.807, 2.05) is 49.0 Å². The molecule has 2 aliphatic heterocycles. The molecule has 63 heavy (non-hydrogen) atoms. The number of likely N-dealkylation sites (tertiary alicyclic amines) is 1. The number of amides is 4. The monoisotopic (exact) mass is 859 g/mol. The molecule has 6 aromatic rings. The van der Waals surface area contributed by atoms with Crippen LogP contribution >= 0.6 is 0 Å². The highest BCUT2D eigenvalue weighted by Crippen LogP contribution is 2.35. The number of nitrogens with zero attached hydrogens (tertiary/aromatic N) is 9. The summed E-state index contributed by atoms with van der Waals surface area (Å²) in [6.45, 7) is 11.1. The van der Waals surface area contributed by atoms with Crippen LogP contribution in [-0.2, 0) is 26.2 Å². The Morgan fingerprint density at radius 1 is 0.683 bits per heavy atom. The van der Waals surface area contributed by atoms with E-state index in [2.05, 4.69) is 32.8 Å². The Morgan fingerprint density at radius 3 is 1.54 bits per heavy atom. The van der Waals surface area contributed by atoms with Crippen LogP contribution in [0.15, 0.2) is 48.6 Å². The van der Waals surface area contributed by atoms with Gasteiger partial charge in [0.1, 0.15) is 33.9 Å². The highest BCUT2D eigenvalue weighted by atomic mass is 16.5. The first-order valence-electron chi connectivity index (χ1n) is 21.3. The van der Waals surface area contributed by atoms with Crippen LogP contribution < -0.4 is 31.6 Å². The summed E-state index contributed by atoms with van der Waals surface area (Å²) in [6.07, 6.45) is 6.54. The Kier molecular flexibility index (Phi) is 12.0. The van der Waals surface area contributed by atoms with Gasteiger partial charge in [-0.15, -0.1) is 0 Å². The number of carbonyl (C=O) groups excluding carboxylic acids is 4. The fourth-order valence-electron chi connectivity index (χ4n) is 8.51. The molecule has 4 aromatic heterocycles. The predicted octanol–water partition coefficient (Wildman–Crippen LogP) is 4.51. The van der Waals surface area contributed by atoms with Crippen LogP contribution in [-0.4, -0.2) is 101 Å². The Balaban J connectivity index is 1.26. The number of allylic oxidation sites excluding steroid dienone is 2. The van der Waals surface area contributed by atoms with E-state index in [0.717, 1.165) is 32.4 Å². The highest BCUT2D eigenvalue weighted by molar-refractivity contribution is 6.05. The Bertz CT molecular complexity index is 2590. The minimum Gasteiger partial charge on any atom is -0.491 e. The zero-order chi connectivity index (χ0) is 44.5. The molecule has 0 bridgehead atoms. The Morgan fingerprint density at radius 2 is 1.13 bits per heavy atom. The second kappa shape index (κ2) is 17.8. The lowest BCUT2D eigenvalue weighted by Crippen LogP contribution is -2.32. The lowest BCUT2D eigenvalue weighted by atomic mass is 9.88. The summed E-state index contributed by atoms with van der Waals surface area (Å²) in [6, 6.07) is 9.82. The number of ether oxygens (including phenoxy) is 2. The van der Waals surface area contributed by atoms with Gasteiger partial charge in [0, 0.05) is 43.2 Å². The number of imidazole rings is 2. The van der Waals surface area contributed by atoms with Gasteiger partial charge in [-0.1, -0.05) is 12.2 Å². The van der Waals surface area contributed by atoms with Gasteiger partial charge in [0.05, 0.1) is 35.6 Å². The fraction of sp³-hybridized carbons (Fsp3) is 0.409. The molecule has 6 N–H and O–H groups in total. The van der Waals surface area contributed by atoms with Gasteiger partial charge in [-0.25, -0.2) is 9.97 Å². The first-order valence-corrected chi connectivity index (χ1v) is 21.3. The van der Waals surface area contributed by atoms with Crippen molar-refractivity contribution in [2.45, 2.75) is 73.1 Å². The van der Waals surface area contributed by atoms with E-state index < -0.39 is 23.6 Å². The summed E-state index contributed by atoms with van der Waals surface area (Å²) in [4.78, 5) is 65.1. The lowest BCUT2D eigenvalue weighted by Gasteiger charge is -2.31. The number of nitrogens with two attached hydrogens (primary N) is 2. The Labute approximate surface area is 363 Å². The molecule has 2 aliphatic rings. The first-order chi connectivity index (χ1) is 30.3. The third kappa shape index (κ3) is 8.86. The van der Waals surface area contributed by atoms with E-state index in [-0.39, 0.29) is 55.2 Å². The molecule has 0 aliphatic carbocycles.